The van der Waals surface area contributed by atoms with Gasteiger partial charge >= 0.3 is 0 Å². The molecule has 12 rings (SSSR count). The van der Waals surface area contributed by atoms with Gasteiger partial charge in [0.25, 0.3) is 0 Å². The normalized spacial score (nSPS) is 14.2. The van der Waals surface area contributed by atoms with Crippen molar-refractivity contribution in [2.24, 2.45) is 0 Å². The van der Waals surface area contributed by atoms with Crippen LogP contribution in [0.2, 0.25) is 0 Å². The topological polar surface area (TPSA) is 38.9 Å². The SMILES string of the molecule is CC1(C)c2ccccc2C2(c3ccccc3-c3ccccc32)c2cc3c(cc21)oc1cccc(-c2cc(-c4ccc(-c5ccccc5)cc4)nc(-c4ccccc4)n2)c13. The number of hydrogen-bond donors (Lipinski definition) is 0. The number of aromatic nitrogens is 2. The molecular formula is C56H38N2O. The van der Waals surface area contributed by atoms with Crippen LogP contribution < -0.4 is 0 Å². The third-order valence-electron chi connectivity index (χ3n) is 13.0. The first-order chi connectivity index (χ1) is 29.0. The van der Waals surface area contributed by atoms with Crippen LogP contribution >= 0.6 is 0 Å². The van der Waals surface area contributed by atoms with Crippen molar-refractivity contribution in [1.29, 1.82) is 0 Å². The summed E-state index contributed by atoms with van der Waals surface area (Å²) in [6.07, 6.45) is 0. The van der Waals surface area contributed by atoms with E-state index in [-0.39, 0.29) is 5.41 Å². The van der Waals surface area contributed by atoms with Crippen molar-refractivity contribution < 1.29 is 4.42 Å². The molecule has 278 valence electrons. The van der Waals surface area contributed by atoms with E-state index in [9.17, 15) is 0 Å². The molecule has 0 fully saturated rings. The molecule has 0 N–H and O–H groups in total. The molecule has 2 aromatic heterocycles. The standard InChI is InChI=1S/C56H38N2O/c1-55(2)45-25-13-14-26-46(45)56(43-23-11-9-20-39(43)40-21-10-12-24-44(40)56)48-32-42-52(33-47(48)55)59-51-27-15-22-41(53(42)51)50-34-49(57-54(58-50)38-18-7-4-8-19-38)37-30-28-36(29-31-37)35-16-5-3-6-17-35/h3-34H,1-2H3. The molecule has 0 radical (unpaired) electrons. The smallest absolute Gasteiger partial charge is 0.160 e. The van der Waals surface area contributed by atoms with Crippen LogP contribution in [0.3, 0.4) is 0 Å². The average Bonchev–Trinajstić information content (AvgIpc) is 3.82. The molecular weight excluding hydrogens is 717 g/mol. The number of nitrogens with zero attached hydrogens (tertiary/aromatic N) is 2. The van der Waals surface area contributed by atoms with Gasteiger partial charge in [-0.2, -0.15) is 0 Å². The second-order valence-electron chi connectivity index (χ2n) is 16.5. The van der Waals surface area contributed by atoms with Crippen molar-refractivity contribution in [2.45, 2.75) is 24.7 Å². The van der Waals surface area contributed by atoms with Gasteiger partial charge < -0.3 is 4.42 Å². The summed E-state index contributed by atoms with van der Waals surface area (Å²) < 4.78 is 6.89. The zero-order valence-electron chi connectivity index (χ0n) is 32.8. The molecule has 2 aliphatic rings. The van der Waals surface area contributed by atoms with Crippen LogP contribution in [0.4, 0.5) is 0 Å². The lowest BCUT2D eigenvalue weighted by atomic mass is 9.55. The minimum Gasteiger partial charge on any atom is -0.456 e. The molecule has 0 saturated carbocycles. The van der Waals surface area contributed by atoms with E-state index in [1.54, 1.807) is 0 Å². The van der Waals surface area contributed by atoms with Gasteiger partial charge in [0.05, 0.1) is 16.8 Å². The number of furan rings is 1. The molecule has 3 heteroatoms. The highest BCUT2D eigenvalue weighted by Crippen LogP contribution is 2.62. The van der Waals surface area contributed by atoms with Crippen molar-refractivity contribution >= 4 is 21.9 Å². The van der Waals surface area contributed by atoms with Crippen LogP contribution in [0.15, 0.2) is 199 Å². The van der Waals surface area contributed by atoms with Gasteiger partial charge in [-0.3, -0.25) is 0 Å². The molecule has 2 heterocycles. The first kappa shape index (κ1) is 33.7. The second kappa shape index (κ2) is 12.6. The maximum atomic E-state index is 6.89. The Balaban J connectivity index is 1.12. The largest absolute Gasteiger partial charge is 0.456 e. The van der Waals surface area contributed by atoms with Crippen molar-refractivity contribution in [2.75, 3.05) is 0 Å². The lowest BCUT2D eigenvalue weighted by molar-refractivity contribution is 0.562. The van der Waals surface area contributed by atoms with E-state index in [2.05, 4.69) is 190 Å². The van der Waals surface area contributed by atoms with Crippen LogP contribution in [-0.4, -0.2) is 9.97 Å². The zero-order valence-corrected chi connectivity index (χ0v) is 32.8. The van der Waals surface area contributed by atoms with Crippen LogP contribution in [0.25, 0.3) is 78.1 Å². The lowest BCUT2D eigenvalue weighted by Crippen LogP contribution is -2.40. The summed E-state index contributed by atoms with van der Waals surface area (Å²) in [6, 6.07) is 69.9. The maximum Gasteiger partial charge on any atom is 0.160 e. The monoisotopic (exact) mass is 754 g/mol. The van der Waals surface area contributed by atoms with Gasteiger partial charge in [0.2, 0.25) is 0 Å². The Hall–Kier alpha value is -7.36. The van der Waals surface area contributed by atoms with E-state index in [0.29, 0.717) is 5.82 Å². The van der Waals surface area contributed by atoms with E-state index in [0.717, 1.165) is 50.0 Å². The maximum absolute atomic E-state index is 6.89. The summed E-state index contributed by atoms with van der Waals surface area (Å²) in [5.41, 5.74) is 18.5. The molecule has 0 bridgehead atoms. The summed E-state index contributed by atoms with van der Waals surface area (Å²) >= 11 is 0. The van der Waals surface area contributed by atoms with Crippen molar-refractivity contribution in [3.63, 3.8) is 0 Å². The molecule has 2 aliphatic carbocycles. The van der Waals surface area contributed by atoms with Gasteiger partial charge in [0.1, 0.15) is 11.2 Å². The highest BCUT2D eigenvalue weighted by molar-refractivity contribution is 6.13. The first-order valence-corrected chi connectivity index (χ1v) is 20.4. The third-order valence-corrected chi connectivity index (χ3v) is 13.0. The summed E-state index contributed by atoms with van der Waals surface area (Å²) in [4.78, 5) is 10.5. The minimum absolute atomic E-state index is 0.276. The van der Waals surface area contributed by atoms with Crippen LogP contribution in [-0.2, 0) is 10.8 Å². The number of rotatable bonds is 4. The summed E-state index contributed by atoms with van der Waals surface area (Å²) in [6.45, 7) is 4.73. The predicted molar refractivity (Wildman–Crippen MR) is 240 cm³/mol. The number of hydrogen-bond acceptors (Lipinski definition) is 3. The van der Waals surface area contributed by atoms with E-state index < -0.39 is 5.41 Å². The Morgan fingerprint density at radius 2 is 0.915 bits per heavy atom. The van der Waals surface area contributed by atoms with Crippen LogP contribution in [0.1, 0.15) is 47.2 Å². The van der Waals surface area contributed by atoms with Crippen molar-refractivity contribution in [1.82, 2.24) is 9.97 Å². The zero-order chi connectivity index (χ0) is 39.3. The lowest BCUT2D eigenvalue weighted by Gasteiger charge is -2.46. The van der Waals surface area contributed by atoms with E-state index >= 15 is 0 Å². The van der Waals surface area contributed by atoms with E-state index in [1.165, 1.54) is 55.6 Å². The predicted octanol–water partition coefficient (Wildman–Crippen LogP) is 14.0. The van der Waals surface area contributed by atoms with Crippen molar-refractivity contribution in [3.8, 4) is 56.2 Å². The second-order valence-corrected chi connectivity index (χ2v) is 16.5. The Morgan fingerprint density at radius 3 is 1.61 bits per heavy atom. The molecule has 3 nitrogen and oxygen atoms in total. The molecule has 0 amide bonds. The quantitative estimate of drug-likeness (QED) is 0.180. The van der Waals surface area contributed by atoms with E-state index in [4.69, 9.17) is 14.4 Å². The third kappa shape index (κ3) is 4.82. The highest BCUT2D eigenvalue weighted by Gasteiger charge is 2.53. The van der Waals surface area contributed by atoms with Gasteiger partial charge in [0, 0.05) is 32.9 Å². The molecule has 8 aromatic carbocycles. The van der Waals surface area contributed by atoms with Gasteiger partial charge in [-0.25, -0.2) is 9.97 Å². The number of fused-ring (bicyclic) bond motifs is 12. The van der Waals surface area contributed by atoms with Gasteiger partial charge in [-0.15, -0.1) is 0 Å². The molecule has 59 heavy (non-hydrogen) atoms. The molecule has 0 saturated heterocycles. The average molecular weight is 755 g/mol. The fourth-order valence-electron chi connectivity index (χ4n) is 10.3. The van der Waals surface area contributed by atoms with Crippen LogP contribution in [0.5, 0.6) is 0 Å². The first-order valence-electron chi connectivity index (χ1n) is 20.4. The molecule has 10 aromatic rings. The minimum atomic E-state index is -0.504. The summed E-state index contributed by atoms with van der Waals surface area (Å²) in [7, 11) is 0. The van der Waals surface area contributed by atoms with Gasteiger partial charge in [-0.1, -0.05) is 184 Å². The summed E-state index contributed by atoms with van der Waals surface area (Å²) in [5.74, 6) is 0.684. The fourth-order valence-corrected chi connectivity index (χ4v) is 10.3. The molecule has 1 spiro atoms. The van der Waals surface area contributed by atoms with E-state index in [1.807, 2.05) is 18.2 Å². The molecule has 0 aliphatic heterocycles. The molecule has 0 unspecified atom stereocenters. The van der Waals surface area contributed by atoms with Gasteiger partial charge in [0.15, 0.2) is 5.82 Å². The summed E-state index contributed by atoms with van der Waals surface area (Å²) in [5, 5.41) is 2.14. The van der Waals surface area contributed by atoms with Crippen molar-refractivity contribution in [3.05, 3.63) is 228 Å². The highest BCUT2D eigenvalue weighted by atomic mass is 16.3. The Morgan fingerprint density at radius 1 is 0.373 bits per heavy atom. The number of benzene rings is 8. The van der Waals surface area contributed by atoms with Crippen LogP contribution in [0, 0.1) is 0 Å². The fraction of sp³-hybridized carbons (Fsp3) is 0.0714. The Kier molecular flexibility index (Phi) is 7.19. The Bertz CT molecular complexity index is 3240. The Labute approximate surface area is 343 Å². The molecule has 0 atom stereocenters. The van der Waals surface area contributed by atoms with Gasteiger partial charge in [-0.05, 0) is 79.9 Å².